The Labute approximate surface area is 140 Å². The number of anilines is 1. The van der Waals surface area contributed by atoms with Gasteiger partial charge in [-0.2, -0.15) is 0 Å². The zero-order valence-electron chi connectivity index (χ0n) is 10.4. The van der Waals surface area contributed by atoms with Crippen molar-refractivity contribution in [3.63, 3.8) is 0 Å². The summed E-state index contributed by atoms with van der Waals surface area (Å²) in [6.45, 7) is 0. The van der Waals surface area contributed by atoms with E-state index in [-0.39, 0.29) is 0 Å². The van der Waals surface area contributed by atoms with Gasteiger partial charge in [-0.15, -0.1) is 0 Å². The SMILES string of the molecule is Nc1ccc(-c2[se]c3sc4ccccc4c3c2I)cc1. The van der Waals surface area contributed by atoms with E-state index in [2.05, 4.69) is 59.0 Å². The molecule has 4 heteroatoms. The van der Waals surface area contributed by atoms with Gasteiger partial charge in [-0.05, 0) is 0 Å². The Balaban J connectivity index is 2.02. The van der Waals surface area contributed by atoms with Gasteiger partial charge in [0.1, 0.15) is 0 Å². The van der Waals surface area contributed by atoms with Crippen LogP contribution in [0.2, 0.25) is 0 Å². The fourth-order valence-corrected chi connectivity index (χ4v) is 8.64. The summed E-state index contributed by atoms with van der Waals surface area (Å²) < 4.78 is 5.87. The molecule has 2 heterocycles. The third kappa shape index (κ3) is 1.94. The molecule has 0 saturated carbocycles. The molecular weight excluding hydrogens is 444 g/mol. The molecule has 0 unspecified atom stereocenters. The molecule has 98 valence electrons. The topological polar surface area (TPSA) is 26.0 Å². The van der Waals surface area contributed by atoms with E-state index in [1.54, 1.807) is 3.57 Å². The number of hydrogen-bond donors (Lipinski definition) is 1. The molecule has 0 aliphatic heterocycles. The van der Waals surface area contributed by atoms with Gasteiger partial charge in [0.05, 0.1) is 0 Å². The third-order valence-electron chi connectivity index (χ3n) is 3.35. The number of rotatable bonds is 1. The van der Waals surface area contributed by atoms with Crippen molar-refractivity contribution >= 4 is 73.2 Å². The van der Waals surface area contributed by atoms with Gasteiger partial charge in [-0.3, -0.25) is 0 Å². The monoisotopic (exact) mass is 455 g/mol. The van der Waals surface area contributed by atoms with E-state index in [4.69, 9.17) is 5.73 Å². The summed E-state index contributed by atoms with van der Waals surface area (Å²) in [4.78, 5) is 0. The van der Waals surface area contributed by atoms with Crippen LogP contribution < -0.4 is 5.73 Å². The van der Waals surface area contributed by atoms with Crippen LogP contribution in [-0.4, -0.2) is 14.5 Å². The number of thiophene rings is 1. The first-order valence-corrected chi connectivity index (χ1v) is 9.80. The van der Waals surface area contributed by atoms with Crippen LogP contribution in [0, 0.1) is 3.57 Å². The van der Waals surface area contributed by atoms with Crippen molar-refractivity contribution in [3.8, 4) is 10.0 Å². The van der Waals surface area contributed by atoms with E-state index in [0.29, 0.717) is 14.5 Å². The van der Waals surface area contributed by atoms with Crippen molar-refractivity contribution in [1.82, 2.24) is 0 Å². The van der Waals surface area contributed by atoms with Crippen molar-refractivity contribution in [1.29, 1.82) is 0 Å². The van der Waals surface area contributed by atoms with Gasteiger partial charge in [-0.1, -0.05) is 0 Å². The van der Waals surface area contributed by atoms with E-state index >= 15 is 0 Å². The quantitative estimate of drug-likeness (QED) is 0.246. The van der Waals surface area contributed by atoms with Crippen LogP contribution in [0.4, 0.5) is 5.69 Å². The predicted octanol–water partition coefficient (Wildman–Crippen LogP) is 4.97. The predicted molar refractivity (Wildman–Crippen MR) is 98.8 cm³/mol. The Morgan fingerprint density at radius 2 is 1.75 bits per heavy atom. The molecule has 2 aromatic carbocycles. The molecule has 0 saturated heterocycles. The van der Waals surface area contributed by atoms with Crippen LogP contribution in [0.15, 0.2) is 48.5 Å². The first-order chi connectivity index (χ1) is 9.74. The van der Waals surface area contributed by atoms with Crippen LogP contribution in [0.1, 0.15) is 0 Å². The second-order valence-electron chi connectivity index (χ2n) is 4.63. The zero-order valence-corrected chi connectivity index (χ0v) is 15.1. The van der Waals surface area contributed by atoms with Crippen LogP contribution in [0.3, 0.4) is 0 Å². The molecule has 1 nitrogen and oxygen atoms in total. The summed E-state index contributed by atoms with van der Waals surface area (Å²) in [7, 11) is 0. The molecule has 4 aromatic rings. The number of hydrogen-bond acceptors (Lipinski definition) is 2. The Morgan fingerprint density at radius 1 is 1.00 bits per heavy atom. The maximum absolute atomic E-state index is 5.79. The molecule has 2 aromatic heterocycles. The van der Waals surface area contributed by atoms with Crippen molar-refractivity contribution in [2.75, 3.05) is 5.73 Å². The Kier molecular flexibility index (Phi) is 3.15. The number of nitrogens with two attached hydrogens (primary N) is 1. The summed E-state index contributed by atoms with van der Waals surface area (Å²) in [6, 6.07) is 17.0. The van der Waals surface area contributed by atoms with Crippen molar-refractivity contribution < 1.29 is 0 Å². The van der Waals surface area contributed by atoms with Crippen LogP contribution in [-0.2, 0) is 0 Å². The second kappa shape index (κ2) is 4.88. The molecule has 0 aliphatic carbocycles. The summed E-state index contributed by atoms with van der Waals surface area (Å²) in [5.41, 5.74) is 7.93. The Morgan fingerprint density at radius 3 is 2.55 bits per heavy atom. The minimum absolute atomic E-state index is 0.408. The van der Waals surface area contributed by atoms with Crippen molar-refractivity contribution in [2.45, 2.75) is 0 Å². The zero-order chi connectivity index (χ0) is 13.7. The van der Waals surface area contributed by atoms with E-state index in [1.807, 2.05) is 23.5 Å². The molecule has 0 atom stereocenters. The van der Waals surface area contributed by atoms with Gasteiger partial charge in [0, 0.05) is 0 Å². The molecule has 0 radical (unpaired) electrons. The molecule has 0 bridgehead atoms. The number of fused-ring (bicyclic) bond motifs is 3. The van der Waals surface area contributed by atoms with E-state index in [9.17, 15) is 0 Å². The third-order valence-corrected chi connectivity index (χ3v) is 9.34. The van der Waals surface area contributed by atoms with Gasteiger partial charge in [0.15, 0.2) is 0 Å². The summed E-state index contributed by atoms with van der Waals surface area (Å²) >= 11 is 4.87. The Hall–Kier alpha value is -0.811. The molecule has 2 N–H and O–H groups in total. The fraction of sp³-hybridized carbons (Fsp3) is 0. The molecular formula is C16H10INSSe. The standard InChI is InChI=1S/C16H10INSSe/c17-14-13-11-3-1-2-4-12(11)19-16(13)20-15(14)9-5-7-10(18)8-6-9/h1-8H,18H2. The first-order valence-electron chi connectivity index (χ1n) is 6.19. The van der Waals surface area contributed by atoms with Crippen molar-refractivity contribution in [2.24, 2.45) is 0 Å². The minimum atomic E-state index is 0.408. The molecule has 0 spiro atoms. The summed E-state index contributed by atoms with van der Waals surface area (Å²) in [6.07, 6.45) is 0. The van der Waals surface area contributed by atoms with Crippen LogP contribution in [0.5, 0.6) is 0 Å². The van der Waals surface area contributed by atoms with Gasteiger partial charge < -0.3 is 0 Å². The first kappa shape index (κ1) is 12.9. The molecule has 0 fully saturated rings. The average molecular weight is 454 g/mol. The number of benzene rings is 2. The molecule has 4 rings (SSSR count). The van der Waals surface area contributed by atoms with Crippen molar-refractivity contribution in [3.05, 3.63) is 52.1 Å². The molecule has 20 heavy (non-hydrogen) atoms. The van der Waals surface area contributed by atoms with E-state index in [0.717, 1.165) is 5.69 Å². The van der Waals surface area contributed by atoms with E-state index < -0.39 is 0 Å². The summed E-state index contributed by atoms with van der Waals surface area (Å²) in [5, 5.41) is 2.88. The number of halogens is 1. The number of nitrogen functional groups attached to an aromatic ring is 1. The van der Waals surface area contributed by atoms with Gasteiger partial charge in [-0.25, -0.2) is 0 Å². The fourth-order valence-electron chi connectivity index (χ4n) is 2.37. The van der Waals surface area contributed by atoms with E-state index in [1.165, 1.54) is 29.0 Å². The Bertz CT molecular complexity index is 921. The van der Waals surface area contributed by atoms with Crippen LogP contribution >= 0.6 is 33.9 Å². The molecule has 0 aliphatic rings. The summed E-state index contributed by atoms with van der Waals surface area (Å²) in [5.74, 6) is 0. The average Bonchev–Trinajstić information content (AvgIpc) is 2.97. The van der Waals surface area contributed by atoms with Gasteiger partial charge >= 0.3 is 141 Å². The van der Waals surface area contributed by atoms with Gasteiger partial charge in [0.25, 0.3) is 0 Å². The second-order valence-corrected chi connectivity index (χ2v) is 9.48. The maximum atomic E-state index is 5.79. The molecule has 0 amide bonds. The van der Waals surface area contributed by atoms with Crippen LogP contribution in [0.25, 0.3) is 29.0 Å². The normalized spacial score (nSPS) is 11.4. The van der Waals surface area contributed by atoms with Gasteiger partial charge in [0.2, 0.25) is 0 Å².